The highest BCUT2D eigenvalue weighted by Crippen LogP contribution is 2.24. The molecule has 0 bridgehead atoms. The summed E-state index contributed by atoms with van der Waals surface area (Å²) in [7, 11) is 0. The third-order valence-electron chi connectivity index (χ3n) is 1.88. The largest absolute Gasteiger partial charge is 0.287 e. The van der Waals surface area contributed by atoms with Gasteiger partial charge in [0.1, 0.15) is 0 Å². The summed E-state index contributed by atoms with van der Waals surface area (Å²) in [6.07, 6.45) is 0.0615. The van der Waals surface area contributed by atoms with E-state index in [1.54, 1.807) is 6.07 Å². The Hall–Kier alpha value is -1.07. The molecule has 0 aliphatic heterocycles. The Balaban J connectivity index is 2.95. The summed E-state index contributed by atoms with van der Waals surface area (Å²) < 4.78 is 0. The molecule has 0 aromatic heterocycles. The number of carbonyl (C=O) groups excluding carboxylic acids is 1. The highest BCUT2D eigenvalue weighted by molar-refractivity contribution is 8.13. The minimum atomic E-state index is -0.523. The maximum atomic E-state index is 11.4. The quantitative estimate of drug-likeness (QED) is 0.616. The lowest BCUT2D eigenvalue weighted by molar-refractivity contribution is -0.385. The van der Waals surface area contributed by atoms with Gasteiger partial charge in [-0.2, -0.15) is 0 Å². The van der Waals surface area contributed by atoms with E-state index in [9.17, 15) is 14.9 Å². The lowest BCUT2D eigenvalue weighted by atomic mass is 10.1. The molecule has 1 aromatic carbocycles. The van der Waals surface area contributed by atoms with Crippen LogP contribution in [0.5, 0.6) is 0 Å². The summed E-state index contributed by atoms with van der Waals surface area (Å²) in [6, 6.07) is 4.34. The van der Waals surface area contributed by atoms with Crippen LogP contribution in [0.4, 0.5) is 5.69 Å². The Kier molecular flexibility index (Phi) is 4.76. The molecule has 1 rings (SSSR count). The molecule has 0 spiro atoms. The number of hydrogen-bond acceptors (Lipinski definition) is 4. The van der Waals surface area contributed by atoms with Gasteiger partial charge < -0.3 is 0 Å². The molecule has 4 nitrogen and oxygen atoms in total. The zero-order valence-corrected chi connectivity index (χ0v) is 10.2. The van der Waals surface area contributed by atoms with Gasteiger partial charge in [0.05, 0.1) is 4.92 Å². The van der Waals surface area contributed by atoms with Crippen LogP contribution in [0.15, 0.2) is 18.2 Å². The summed E-state index contributed by atoms with van der Waals surface area (Å²) in [6.45, 7) is 1.86. The molecule has 0 N–H and O–H groups in total. The minimum absolute atomic E-state index is 0.0615. The van der Waals surface area contributed by atoms with E-state index in [0.29, 0.717) is 16.3 Å². The van der Waals surface area contributed by atoms with Crippen molar-refractivity contribution in [2.75, 3.05) is 5.75 Å². The molecule has 0 saturated carbocycles. The van der Waals surface area contributed by atoms with Crippen LogP contribution >= 0.6 is 23.4 Å². The lowest BCUT2D eigenvalue weighted by Crippen LogP contribution is -2.02. The van der Waals surface area contributed by atoms with Crippen molar-refractivity contribution in [3.63, 3.8) is 0 Å². The van der Waals surface area contributed by atoms with Crippen LogP contribution in [0.1, 0.15) is 12.5 Å². The number of hydrogen-bond donors (Lipinski definition) is 0. The number of nitro groups is 1. The van der Waals surface area contributed by atoms with Crippen LogP contribution in [0.25, 0.3) is 0 Å². The van der Waals surface area contributed by atoms with Crippen molar-refractivity contribution < 1.29 is 9.72 Å². The normalized spacial score (nSPS) is 10.1. The number of benzene rings is 1. The second-order valence-electron chi connectivity index (χ2n) is 3.01. The molecule has 0 unspecified atom stereocenters. The number of carbonyl (C=O) groups is 1. The molecule has 0 radical (unpaired) electrons. The number of thioether (sulfide) groups is 1. The van der Waals surface area contributed by atoms with E-state index in [1.165, 1.54) is 12.1 Å². The van der Waals surface area contributed by atoms with Crippen LogP contribution in [-0.4, -0.2) is 15.8 Å². The Bertz CT molecular complexity index is 423. The molecule has 16 heavy (non-hydrogen) atoms. The van der Waals surface area contributed by atoms with Crippen LogP contribution in [0.2, 0.25) is 5.02 Å². The molecule has 0 saturated heterocycles. The van der Waals surface area contributed by atoms with Gasteiger partial charge in [0, 0.05) is 23.1 Å². The van der Waals surface area contributed by atoms with Crippen LogP contribution < -0.4 is 0 Å². The van der Waals surface area contributed by atoms with Crippen molar-refractivity contribution in [1.82, 2.24) is 0 Å². The fourth-order valence-electron chi connectivity index (χ4n) is 1.22. The zero-order chi connectivity index (χ0) is 12.1. The predicted octanol–water partition coefficient (Wildman–Crippen LogP) is 3.07. The molecule has 86 valence electrons. The van der Waals surface area contributed by atoms with Crippen LogP contribution in [-0.2, 0) is 11.2 Å². The molecule has 0 heterocycles. The van der Waals surface area contributed by atoms with Crippen molar-refractivity contribution in [2.24, 2.45) is 0 Å². The molecule has 0 amide bonds. The van der Waals surface area contributed by atoms with Gasteiger partial charge in [-0.15, -0.1) is 0 Å². The van der Waals surface area contributed by atoms with Gasteiger partial charge in [-0.3, -0.25) is 14.9 Å². The number of rotatable bonds is 4. The number of halogens is 1. The summed E-state index contributed by atoms with van der Waals surface area (Å²) in [5.74, 6) is 0.667. The van der Waals surface area contributed by atoms with E-state index in [-0.39, 0.29) is 17.2 Å². The standard InChI is InChI=1S/C10H10ClNO3S/c1-2-16-10(13)5-7-3-4-8(11)6-9(7)12(14)15/h3-4,6H,2,5H2,1H3. The Morgan fingerprint density at radius 3 is 2.81 bits per heavy atom. The van der Waals surface area contributed by atoms with E-state index < -0.39 is 4.92 Å². The van der Waals surface area contributed by atoms with Gasteiger partial charge in [-0.05, 0) is 11.8 Å². The van der Waals surface area contributed by atoms with E-state index >= 15 is 0 Å². The summed E-state index contributed by atoms with van der Waals surface area (Å²) >= 11 is 6.82. The first-order chi connectivity index (χ1) is 7.54. The van der Waals surface area contributed by atoms with Gasteiger partial charge in [-0.1, -0.05) is 36.4 Å². The maximum absolute atomic E-state index is 11.4. The molecule has 1 aromatic rings. The van der Waals surface area contributed by atoms with Crippen molar-refractivity contribution in [3.05, 3.63) is 38.9 Å². The summed E-state index contributed by atoms with van der Waals surface area (Å²) in [5.41, 5.74) is 0.304. The molecule has 0 atom stereocenters. The maximum Gasteiger partial charge on any atom is 0.274 e. The predicted molar refractivity (Wildman–Crippen MR) is 64.9 cm³/mol. The van der Waals surface area contributed by atoms with Crippen LogP contribution in [0.3, 0.4) is 0 Å². The SMILES string of the molecule is CCSC(=O)Cc1ccc(Cl)cc1[N+](=O)[O-]. The third-order valence-corrected chi connectivity index (χ3v) is 2.87. The third kappa shape index (κ3) is 3.50. The highest BCUT2D eigenvalue weighted by Gasteiger charge is 2.16. The van der Waals surface area contributed by atoms with Gasteiger partial charge in [0.25, 0.3) is 5.69 Å². The monoisotopic (exact) mass is 259 g/mol. The fourth-order valence-corrected chi connectivity index (χ4v) is 1.97. The van der Waals surface area contributed by atoms with E-state index in [2.05, 4.69) is 0 Å². The zero-order valence-electron chi connectivity index (χ0n) is 8.60. The van der Waals surface area contributed by atoms with Crippen LogP contribution in [0, 0.1) is 10.1 Å². The van der Waals surface area contributed by atoms with Gasteiger partial charge in [-0.25, -0.2) is 0 Å². The van der Waals surface area contributed by atoms with Crippen molar-refractivity contribution >= 4 is 34.2 Å². The van der Waals surface area contributed by atoms with Crippen molar-refractivity contribution in [3.8, 4) is 0 Å². The molecular formula is C10H10ClNO3S. The first-order valence-electron chi connectivity index (χ1n) is 4.63. The topological polar surface area (TPSA) is 60.2 Å². The first kappa shape index (κ1) is 13.0. The van der Waals surface area contributed by atoms with Gasteiger partial charge >= 0.3 is 0 Å². The Morgan fingerprint density at radius 2 is 2.25 bits per heavy atom. The average Bonchev–Trinajstić information content (AvgIpc) is 2.20. The smallest absolute Gasteiger partial charge is 0.274 e. The second-order valence-corrected chi connectivity index (χ2v) is 4.77. The molecular weight excluding hydrogens is 250 g/mol. The lowest BCUT2D eigenvalue weighted by Gasteiger charge is -2.02. The highest BCUT2D eigenvalue weighted by atomic mass is 35.5. The Labute approximate surface area is 102 Å². The van der Waals surface area contributed by atoms with E-state index in [0.717, 1.165) is 11.8 Å². The Morgan fingerprint density at radius 1 is 1.56 bits per heavy atom. The number of nitro benzene ring substituents is 1. The molecule has 6 heteroatoms. The second kappa shape index (κ2) is 5.86. The van der Waals surface area contributed by atoms with Gasteiger partial charge in [0.15, 0.2) is 5.12 Å². The van der Waals surface area contributed by atoms with Crippen molar-refractivity contribution in [2.45, 2.75) is 13.3 Å². The molecule has 0 aliphatic rings. The molecule has 0 fully saturated rings. The minimum Gasteiger partial charge on any atom is -0.287 e. The summed E-state index contributed by atoms with van der Waals surface area (Å²) in [4.78, 5) is 21.6. The molecule has 0 aliphatic carbocycles. The first-order valence-corrected chi connectivity index (χ1v) is 5.99. The summed E-state index contributed by atoms with van der Waals surface area (Å²) in [5, 5.41) is 11.0. The number of nitrogens with zero attached hydrogens (tertiary/aromatic N) is 1. The van der Waals surface area contributed by atoms with E-state index in [1.807, 2.05) is 6.92 Å². The van der Waals surface area contributed by atoms with Crippen molar-refractivity contribution in [1.29, 1.82) is 0 Å². The fraction of sp³-hybridized carbons (Fsp3) is 0.300. The van der Waals surface area contributed by atoms with Gasteiger partial charge in [0.2, 0.25) is 0 Å². The van der Waals surface area contributed by atoms with E-state index in [4.69, 9.17) is 11.6 Å². The average molecular weight is 260 g/mol.